The largest absolute Gasteiger partial charge is 0.490 e. The van der Waals surface area contributed by atoms with Crippen LogP contribution >= 0.6 is 0 Å². The third-order valence-corrected chi connectivity index (χ3v) is 3.40. The van der Waals surface area contributed by atoms with Gasteiger partial charge in [-0.05, 0) is 25.9 Å². The minimum Gasteiger partial charge on any atom is -0.480 e. The highest BCUT2D eigenvalue weighted by molar-refractivity contribution is 5.75. The first kappa shape index (κ1) is 31.5. The number of hydrogen-bond donors (Lipinski definition) is 8. The molecule has 188 valence electrons. The lowest BCUT2D eigenvalue weighted by molar-refractivity contribution is -0.193. The van der Waals surface area contributed by atoms with Crippen molar-refractivity contribution < 1.29 is 76.2 Å². The fourth-order valence-corrected chi connectivity index (χ4v) is 1.88. The Morgan fingerprint density at radius 1 is 0.625 bits per heavy atom. The maximum absolute atomic E-state index is 10.6. The molecule has 2 fully saturated rings. The summed E-state index contributed by atoms with van der Waals surface area (Å²) in [6.45, 7) is 1.19. The van der Waals surface area contributed by atoms with Gasteiger partial charge in [-0.15, -0.1) is 0 Å². The molecule has 0 unspecified atom stereocenters. The summed E-state index contributed by atoms with van der Waals surface area (Å²) in [6, 6.07) is -1.49. The number of aliphatic hydroxyl groups is 2. The number of carbonyl (C=O) groups is 4. The molecule has 2 heterocycles. The number of aliphatic hydroxyl groups excluding tert-OH is 2. The molecular formula is C14H20F6N2O10. The van der Waals surface area contributed by atoms with Gasteiger partial charge in [-0.2, -0.15) is 26.3 Å². The summed E-state index contributed by atoms with van der Waals surface area (Å²) in [4.78, 5) is 38.2. The van der Waals surface area contributed by atoms with Gasteiger partial charge in [0, 0.05) is 0 Å². The molecular weight excluding hydrogens is 470 g/mol. The number of aliphatic carboxylic acids is 4. The molecule has 0 saturated carbocycles. The molecule has 0 aromatic heterocycles. The van der Waals surface area contributed by atoms with Crippen LogP contribution in [0.15, 0.2) is 0 Å². The van der Waals surface area contributed by atoms with E-state index in [1.807, 2.05) is 0 Å². The second kappa shape index (κ2) is 13.7. The standard InChI is InChI=1S/2C5H9NO3.2C2HF3O2/c2*7-3-1-2-6-4(3)5(8)9;2*3-2(4,5)1(6)7/h2*3-4,6-7H,1-2H2,(H,8,9);2*(H,6,7)/t2*3-,4-;;/m10../s1. The highest BCUT2D eigenvalue weighted by Crippen LogP contribution is 2.13. The summed E-state index contributed by atoms with van der Waals surface area (Å²) in [5.74, 6) is -7.46. The molecule has 12 nitrogen and oxygen atoms in total. The van der Waals surface area contributed by atoms with Crippen LogP contribution in [-0.2, 0) is 19.2 Å². The fraction of sp³-hybridized carbons (Fsp3) is 0.714. The van der Waals surface area contributed by atoms with E-state index in [9.17, 15) is 35.9 Å². The SMILES string of the molecule is O=C(O)C(F)(F)F.O=C(O)C(F)(F)F.O=C(O)[C@@H]1NCC[C@H]1O.O=C(O)[C@H]1NCC[C@@H]1O. The fourth-order valence-electron chi connectivity index (χ4n) is 1.88. The van der Waals surface area contributed by atoms with Crippen LogP contribution in [0.5, 0.6) is 0 Å². The van der Waals surface area contributed by atoms with Crippen molar-refractivity contribution >= 4 is 23.9 Å². The van der Waals surface area contributed by atoms with E-state index >= 15 is 0 Å². The second-order valence-corrected chi connectivity index (χ2v) is 5.86. The smallest absolute Gasteiger partial charge is 0.480 e. The van der Waals surface area contributed by atoms with E-state index in [-0.39, 0.29) is 0 Å². The first-order valence-electron chi connectivity index (χ1n) is 8.21. The summed E-state index contributed by atoms with van der Waals surface area (Å²) in [6.07, 6.45) is -10.5. The van der Waals surface area contributed by atoms with Gasteiger partial charge >= 0.3 is 36.2 Å². The molecule has 2 saturated heterocycles. The van der Waals surface area contributed by atoms with E-state index < -0.39 is 60.5 Å². The number of nitrogens with one attached hydrogen (secondary N) is 2. The topological polar surface area (TPSA) is 214 Å². The van der Waals surface area contributed by atoms with Crippen LogP contribution in [0.1, 0.15) is 12.8 Å². The van der Waals surface area contributed by atoms with Crippen LogP contribution in [0.4, 0.5) is 26.3 Å². The predicted octanol–water partition coefficient (Wildman–Crippen LogP) is -1.15. The molecule has 0 aromatic carbocycles. The predicted molar refractivity (Wildman–Crippen MR) is 87.5 cm³/mol. The van der Waals surface area contributed by atoms with E-state index in [4.69, 9.17) is 40.2 Å². The van der Waals surface area contributed by atoms with E-state index in [1.54, 1.807) is 0 Å². The zero-order chi connectivity index (χ0) is 25.9. The number of carboxylic acids is 4. The molecule has 2 aliphatic heterocycles. The van der Waals surface area contributed by atoms with Crippen molar-refractivity contribution in [2.24, 2.45) is 0 Å². The maximum atomic E-state index is 10.6. The lowest BCUT2D eigenvalue weighted by Gasteiger charge is -2.06. The Kier molecular flexibility index (Phi) is 13.4. The van der Waals surface area contributed by atoms with Gasteiger partial charge < -0.3 is 41.3 Å². The van der Waals surface area contributed by atoms with Gasteiger partial charge in [-0.25, -0.2) is 9.59 Å². The number of carboxylic acid groups (broad SMARTS) is 4. The summed E-state index contributed by atoms with van der Waals surface area (Å²) < 4.78 is 63.5. The highest BCUT2D eigenvalue weighted by atomic mass is 19.4. The van der Waals surface area contributed by atoms with Crippen LogP contribution in [0.2, 0.25) is 0 Å². The van der Waals surface area contributed by atoms with Crippen molar-refractivity contribution in [3.8, 4) is 0 Å². The molecule has 2 aliphatic rings. The average Bonchev–Trinajstić information content (AvgIpc) is 3.23. The molecule has 0 spiro atoms. The highest BCUT2D eigenvalue weighted by Gasteiger charge is 2.39. The Balaban J connectivity index is 0. The van der Waals surface area contributed by atoms with Crippen LogP contribution in [-0.4, -0.2) is 104 Å². The van der Waals surface area contributed by atoms with Gasteiger partial charge in [0.25, 0.3) is 0 Å². The van der Waals surface area contributed by atoms with Crippen LogP contribution in [0.25, 0.3) is 0 Å². The van der Waals surface area contributed by atoms with Gasteiger partial charge in [0.15, 0.2) is 0 Å². The molecule has 18 heteroatoms. The van der Waals surface area contributed by atoms with E-state index in [0.29, 0.717) is 25.9 Å². The number of hydrogen-bond acceptors (Lipinski definition) is 8. The van der Waals surface area contributed by atoms with Gasteiger partial charge in [0.2, 0.25) is 0 Å². The summed E-state index contributed by atoms with van der Waals surface area (Å²) in [7, 11) is 0. The molecule has 0 aromatic rings. The van der Waals surface area contributed by atoms with Crippen LogP contribution in [0.3, 0.4) is 0 Å². The quantitative estimate of drug-likeness (QED) is 0.216. The van der Waals surface area contributed by atoms with Gasteiger partial charge in [0.1, 0.15) is 12.1 Å². The van der Waals surface area contributed by atoms with Gasteiger partial charge in [-0.1, -0.05) is 0 Å². The third kappa shape index (κ3) is 13.6. The van der Waals surface area contributed by atoms with E-state index in [0.717, 1.165) is 0 Å². The Hall–Kier alpha value is -2.70. The molecule has 0 bridgehead atoms. The average molecular weight is 490 g/mol. The van der Waals surface area contributed by atoms with E-state index in [2.05, 4.69) is 10.6 Å². The number of rotatable bonds is 2. The Labute approximate surface area is 174 Å². The van der Waals surface area contributed by atoms with E-state index in [1.165, 1.54) is 0 Å². The maximum Gasteiger partial charge on any atom is 0.490 e. The summed E-state index contributed by atoms with van der Waals surface area (Å²) in [5.41, 5.74) is 0. The number of halogens is 6. The van der Waals surface area contributed by atoms with Crippen LogP contribution < -0.4 is 10.6 Å². The minimum atomic E-state index is -5.08. The summed E-state index contributed by atoms with van der Waals surface area (Å²) in [5, 5.41) is 54.1. The lowest BCUT2D eigenvalue weighted by Crippen LogP contribution is -2.38. The molecule has 4 atom stereocenters. The molecule has 0 radical (unpaired) electrons. The monoisotopic (exact) mass is 490 g/mol. The molecule has 8 N–H and O–H groups in total. The Morgan fingerprint density at radius 3 is 0.906 bits per heavy atom. The van der Waals surface area contributed by atoms with Crippen molar-refractivity contribution in [1.82, 2.24) is 10.6 Å². The first-order chi connectivity index (χ1) is 14.3. The summed E-state index contributed by atoms with van der Waals surface area (Å²) >= 11 is 0. The molecule has 0 aliphatic carbocycles. The normalized spacial score (nSPS) is 24.5. The van der Waals surface area contributed by atoms with Crippen molar-refractivity contribution in [3.63, 3.8) is 0 Å². The molecule has 0 amide bonds. The molecule has 2 rings (SSSR count). The lowest BCUT2D eigenvalue weighted by atomic mass is 10.2. The van der Waals surface area contributed by atoms with Crippen molar-refractivity contribution in [2.45, 2.75) is 49.5 Å². The Morgan fingerprint density at radius 2 is 0.844 bits per heavy atom. The van der Waals surface area contributed by atoms with Gasteiger partial charge in [0.05, 0.1) is 12.2 Å². The minimum absolute atomic E-state index is 0.539. The third-order valence-electron chi connectivity index (χ3n) is 3.40. The zero-order valence-corrected chi connectivity index (χ0v) is 15.7. The van der Waals surface area contributed by atoms with Crippen LogP contribution in [0, 0.1) is 0 Å². The van der Waals surface area contributed by atoms with Crippen molar-refractivity contribution in [2.75, 3.05) is 13.1 Å². The first-order valence-corrected chi connectivity index (χ1v) is 8.21. The van der Waals surface area contributed by atoms with Crippen molar-refractivity contribution in [3.05, 3.63) is 0 Å². The molecule has 32 heavy (non-hydrogen) atoms. The second-order valence-electron chi connectivity index (χ2n) is 5.86. The zero-order valence-electron chi connectivity index (χ0n) is 15.7. The number of alkyl halides is 6. The van der Waals surface area contributed by atoms with Gasteiger partial charge in [-0.3, -0.25) is 9.59 Å². The Bertz CT molecular complexity index is 588. The van der Waals surface area contributed by atoms with Crippen molar-refractivity contribution in [1.29, 1.82) is 0 Å².